The van der Waals surface area contributed by atoms with Crippen molar-refractivity contribution in [3.05, 3.63) is 11.3 Å². The van der Waals surface area contributed by atoms with Crippen LogP contribution in [-0.2, 0) is 16.0 Å². The topological polar surface area (TPSA) is 78.0 Å². The van der Waals surface area contributed by atoms with Gasteiger partial charge in [0, 0.05) is 5.56 Å². The van der Waals surface area contributed by atoms with E-state index >= 15 is 0 Å². The van der Waals surface area contributed by atoms with Crippen molar-refractivity contribution in [2.24, 2.45) is 0 Å². The highest BCUT2D eigenvalue weighted by atomic mass is 32.2. The Morgan fingerprint density at radius 2 is 2.00 bits per heavy atom. The standard InChI is InChI=1S/C11H16F3N3O2S/c1-6(2)8-9(11(12,13)14)16-17(10(8)15)7-3-4-20(18,19)5-7/h6-7H,3-5,15H2,1-2H3. The van der Waals surface area contributed by atoms with E-state index in [0.717, 1.165) is 4.68 Å². The highest BCUT2D eigenvalue weighted by molar-refractivity contribution is 7.91. The van der Waals surface area contributed by atoms with Crippen molar-refractivity contribution in [2.45, 2.75) is 38.4 Å². The molecule has 0 aromatic carbocycles. The molecule has 1 aliphatic rings. The average Bonchev–Trinajstić information content (AvgIpc) is 2.77. The number of nitrogens with two attached hydrogens (primary N) is 1. The van der Waals surface area contributed by atoms with Crippen LogP contribution in [0.25, 0.3) is 0 Å². The van der Waals surface area contributed by atoms with Gasteiger partial charge in [-0.2, -0.15) is 18.3 Å². The predicted molar refractivity (Wildman–Crippen MR) is 68.0 cm³/mol. The molecule has 20 heavy (non-hydrogen) atoms. The molecule has 1 fully saturated rings. The monoisotopic (exact) mass is 311 g/mol. The minimum absolute atomic E-state index is 0.0463. The highest BCUT2D eigenvalue weighted by Gasteiger charge is 2.41. The van der Waals surface area contributed by atoms with Gasteiger partial charge in [0.2, 0.25) is 0 Å². The van der Waals surface area contributed by atoms with E-state index in [1.165, 1.54) is 0 Å². The summed E-state index contributed by atoms with van der Waals surface area (Å²) in [5, 5.41) is 3.55. The Morgan fingerprint density at radius 3 is 2.35 bits per heavy atom. The lowest BCUT2D eigenvalue weighted by atomic mass is 10.0. The second-order valence-corrected chi connectivity index (χ2v) is 7.53. The van der Waals surface area contributed by atoms with E-state index in [-0.39, 0.29) is 29.3 Å². The molecule has 0 spiro atoms. The number of hydrogen-bond acceptors (Lipinski definition) is 4. The maximum Gasteiger partial charge on any atom is 0.435 e. The largest absolute Gasteiger partial charge is 0.435 e. The fraction of sp³-hybridized carbons (Fsp3) is 0.727. The molecule has 0 saturated carbocycles. The van der Waals surface area contributed by atoms with Gasteiger partial charge in [0.1, 0.15) is 5.82 Å². The molecule has 2 rings (SSSR count). The third kappa shape index (κ3) is 2.63. The second kappa shape index (κ2) is 4.64. The normalized spacial score (nSPS) is 22.6. The lowest BCUT2D eigenvalue weighted by molar-refractivity contribution is -0.142. The fourth-order valence-electron chi connectivity index (χ4n) is 2.49. The summed E-state index contributed by atoms with van der Waals surface area (Å²) in [4.78, 5) is 0. The average molecular weight is 311 g/mol. The molecule has 0 radical (unpaired) electrons. The molecule has 2 heterocycles. The van der Waals surface area contributed by atoms with Gasteiger partial charge in [-0.1, -0.05) is 13.8 Å². The summed E-state index contributed by atoms with van der Waals surface area (Å²) in [5.74, 6) is -0.795. The molecule has 1 aromatic rings. The first-order chi connectivity index (χ1) is 9.03. The number of sulfone groups is 1. The zero-order valence-corrected chi connectivity index (χ0v) is 11.9. The molecule has 1 saturated heterocycles. The molecule has 0 aliphatic carbocycles. The Morgan fingerprint density at radius 1 is 1.40 bits per heavy atom. The molecular formula is C11H16F3N3O2S. The molecule has 0 bridgehead atoms. The van der Waals surface area contributed by atoms with Gasteiger partial charge in [0.25, 0.3) is 0 Å². The van der Waals surface area contributed by atoms with Gasteiger partial charge >= 0.3 is 6.18 Å². The van der Waals surface area contributed by atoms with Crippen LogP contribution in [0.4, 0.5) is 19.0 Å². The summed E-state index contributed by atoms with van der Waals surface area (Å²) in [6.45, 7) is 3.19. The third-order valence-electron chi connectivity index (χ3n) is 3.39. The van der Waals surface area contributed by atoms with Crippen molar-refractivity contribution in [1.82, 2.24) is 9.78 Å². The first kappa shape index (κ1) is 15.1. The van der Waals surface area contributed by atoms with E-state index in [2.05, 4.69) is 5.10 Å². The van der Waals surface area contributed by atoms with E-state index in [4.69, 9.17) is 5.73 Å². The number of alkyl halides is 3. The quantitative estimate of drug-likeness (QED) is 0.905. The van der Waals surface area contributed by atoms with E-state index in [0.29, 0.717) is 0 Å². The number of anilines is 1. The molecule has 2 N–H and O–H groups in total. The van der Waals surface area contributed by atoms with Crippen LogP contribution in [0.1, 0.15) is 43.5 Å². The van der Waals surface area contributed by atoms with Crippen molar-refractivity contribution < 1.29 is 21.6 Å². The minimum atomic E-state index is -4.60. The Labute approximate surface area is 114 Å². The molecule has 5 nitrogen and oxygen atoms in total. The van der Waals surface area contributed by atoms with Crippen molar-refractivity contribution in [3.8, 4) is 0 Å². The summed E-state index contributed by atoms with van der Waals surface area (Å²) in [5.41, 5.74) is 4.69. The highest BCUT2D eigenvalue weighted by Crippen LogP contribution is 2.39. The Balaban J connectivity index is 2.51. The van der Waals surface area contributed by atoms with Crippen LogP contribution in [-0.4, -0.2) is 29.7 Å². The van der Waals surface area contributed by atoms with E-state index in [1.807, 2.05) is 0 Å². The first-order valence-corrected chi connectivity index (χ1v) is 8.00. The van der Waals surface area contributed by atoms with Crippen molar-refractivity contribution in [1.29, 1.82) is 0 Å². The number of nitrogens with zero attached hydrogens (tertiary/aromatic N) is 2. The van der Waals surface area contributed by atoms with E-state index in [9.17, 15) is 21.6 Å². The molecule has 114 valence electrons. The number of hydrogen-bond donors (Lipinski definition) is 1. The maximum absolute atomic E-state index is 13.0. The smallest absolute Gasteiger partial charge is 0.384 e. The third-order valence-corrected chi connectivity index (χ3v) is 5.14. The number of aromatic nitrogens is 2. The van der Waals surface area contributed by atoms with Crippen LogP contribution in [0.2, 0.25) is 0 Å². The zero-order valence-electron chi connectivity index (χ0n) is 11.1. The Kier molecular flexibility index (Phi) is 3.52. The van der Waals surface area contributed by atoms with Gasteiger partial charge in [-0.25, -0.2) is 13.1 Å². The Hall–Kier alpha value is -1.25. The molecular weight excluding hydrogens is 295 g/mol. The summed E-state index contributed by atoms with van der Waals surface area (Å²) in [6, 6.07) is -0.617. The van der Waals surface area contributed by atoms with Gasteiger partial charge in [-0.05, 0) is 12.3 Å². The molecule has 9 heteroatoms. The molecule has 1 aromatic heterocycles. The van der Waals surface area contributed by atoms with Gasteiger partial charge in [-0.3, -0.25) is 0 Å². The first-order valence-electron chi connectivity index (χ1n) is 6.18. The minimum Gasteiger partial charge on any atom is -0.384 e. The van der Waals surface area contributed by atoms with E-state index < -0.39 is 33.7 Å². The van der Waals surface area contributed by atoms with Crippen LogP contribution < -0.4 is 5.73 Å². The van der Waals surface area contributed by atoms with Gasteiger partial charge in [-0.15, -0.1) is 0 Å². The lowest BCUT2D eigenvalue weighted by Crippen LogP contribution is -2.15. The zero-order chi connectivity index (χ0) is 15.3. The lowest BCUT2D eigenvalue weighted by Gasteiger charge is -2.11. The summed E-state index contributed by atoms with van der Waals surface area (Å²) >= 11 is 0. The Bertz CT molecular complexity index is 620. The molecule has 0 amide bonds. The van der Waals surface area contributed by atoms with Crippen molar-refractivity contribution in [3.63, 3.8) is 0 Å². The SMILES string of the molecule is CC(C)c1c(C(F)(F)F)nn(C2CCS(=O)(=O)C2)c1N. The van der Waals surface area contributed by atoms with Crippen LogP contribution in [0.3, 0.4) is 0 Å². The van der Waals surface area contributed by atoms with Crippen LogP contribution >= 0.6 is 0 Å². The predicted octanol–water partition coefficient (Wildman–Crippen LogP) is 1.97. The van der Waals surface area contributed by atoms with Crippen LogP contribution in [0.15, 0.2) is 0 Å². The number of halogens is 3. The maximum atomic E-state index is 13.0. The van der Waals surface area contributed by atoms with Gasteiger partial charge < -0.3 is 5.73 Å². The van der Waals surface area contributed by atoms with Crippen molar-refractivity contribution in [2.75, 3.05) is 17.2 Å². The molecule has 1 unspecified atom stereocenters. The van der Waals surface area contributed by atoms with Gasteiger partial charge in [0.15, 0.2) is 15.5 Å². The number of nitrogen functional groups attached to an aromatic ring is 1. The summed E-state index contributed by atoms with van der Waals surface area (Å²) in [6.07, 6.45) is -4.36. The van der Waals surface area contributed by atoms with Crippen molar-refractivity contribution >= 4 is 15.7 Å². The fourth-order valence-corrected chi connectivity index (χ4v) is 4.18. The number of rotatable bonds is 2. The summed E-state index contributed by atoms with van der Waals surface area (Å²) < 4.78 is 62.9. The summed E-state index contributed by atoms with van der Waals surface area (Å²) in [7, 11) is -3.22. The van der Waals surface area contributed by atoms with E-state index in [1.54, 1.807) is 13.8 Å². The second-order valence-electron chi connectivity index (χ2n) is 5.30. The van der Waals surface area contributed by atoms with Crippen LogP contribution in [0, 0.1) is 0 Å². The molecule has 1 atom stereocenters. The van der Waals surface area contributed by atoms with Crippen LogP contribution in [0.5, 0.6) is 0 Å². The molecule has 1 aliphatic heterocycles. The van der Waals surface area contributed by atoms with Gasteiger partial charge in [0.05, 0.1) is 17.5 Å².